The molecule has 1 heterocycles. The molecule has 100 valence electrons. The first-order valence-corrected chi connectivity index (χ1v) is 6.06. The standard InChI is InChI=1S/C12H9BrF2N2O2/c1-17-10(8(13)6-16-17)11(18)7-4-2-3-5-9(7)19-12(14)15/h2-6,12H,1H3. The summed E-state index contributed by atoms with van der Waals surface area (Å²) in [7, 11) is 1.59. The Morgan fingerprint density at radius 1 is 1.42 bits per heavy atom. The van der Waals surface area contributed by atoms with Crippen LogP contribution in [0, 0.1) is 0 Å². The highest BCUT2D eigenvalue weighted by molar-refractivity contribution is 9.10. The van der Waals surface area contributed by atoms with Crippen LogP contribution in [0.25, 0.3) is 0 Å². The number of carbonyl (C=O) groups excluding carboxylic acids is 1. The molecule has 0 atom stereocenters. The lowest BCUT2D eigenvalue weighted by Gasteiger charge is -2.10. The highest BCUT2D eigenvalue weighted by Gasteiger charge is 2.21. The predicted octanol–water partition coefficient (Wildman–Crippen LogP) is 3.02. The molecule has 0 fully saturated rings. The molecule has 0 aliphatic rings. The molecular formula is C12H9BrF2N2O2. The number of hydrogen-bond acceptors (Lipinski definition) is 3. The third-order valence-electron chi connectivity index (χ3n) is 2.46. The van der Waals surface area contributed by atoms with Crippen molar-refractivity contribution in [2.24, 2.45) is 7.05 Å². The number of carbonyl (C=O) groups is 1. The van der Waals surface area contributed by atoms with E-state index in [9.17, 15) is 13.6 Å². The van der Waals surface area contributed by atoms with Gasteiger partial charge >= 0.3 is 6.61 Å². The van der Waals surface area contributed by atoms with Gasteiger partial charge in [0.15, 0.2) is 0 Å². The third-order valence-corrected chi connectivity index (χ3v) is 3.04. The van der Waals surface area contributed by atoms with E-state index >= 15 is 0 Å². The van der Waals surface area contributed by atoms with E-state index in [1.54, 1.807) is 13.1 Å². The Morgan fingerprint density at radius 3 is 2.68 bits per heavy atom. The van der Waals surface area contributed by atoms with Crippen molar-refractivity contribution in [3.8, 4) is 5.75 Å². The summed E-state index contributed by atoms with van der Waals surface area (Å²) in [4.78, 5) is 12.3. The normalized spacial score (nSPS) is 10.8. The number of nitrogens with zero attached hydrogens (tertiary/aromatic N) is 2. The van der Waals surface area contributed by atoms with Gasteiger partial charge in [-0.1, -0.05) is 12.1 Å². The summed E-state index contributed by atoms with van der Waals surface area (Å²) in [5.74, 6) is -0.598. The zero-order chi connectivity index (χ0) is 14.0. The Hall–Kier alpha value is -1.76. The smallest absolute Gasteiger partial charge is 0.387 e. The molecule has 0 aliphatic carbocycles. The fourth-order valence-electron chi connectivity index (χ4n) is 1.65. The van der Waals surface area contributed by atoms with Crippen LogP contribution in [0.1, 0.15) is 16.1 Å². The zero-order valence-corrected chi connectivity index (χ0v) is 11.4. The van der Waals surface area contributed by atoms with Crippen LogP contribution in [0.2, 0.25) is 0 Å². The summed E-state index contributed by atoms with van der Waals surface area (Å²) in [5, 5.41) is 3.91. The van der Waals surface area contributed by atoms with Gasteiger partial charge in [-0.2, -0.15) is 13.9 Å². The largest absolute Gasteiger partial charge is 0.434 e. The van der Waals surface area contributed by atoms with Gasteiger partial charge in [-0.25, -0.2) is 0 Å². The number of rotatable bonds is 4. The van der Waals surface area contributed by atoms with E-state index < -0.39 is 12.4 Å². The molecule has 19 heavy (non-hydrogen) atoms. The van der Waals surface area contributed by atoms with Gasteiger partial charge in [-0.15, -0.1) is 0 Å². The number of aromatic nitrogens is 2. The molecule has 0 radical (unpaired) electrons. The van der Waals surface area contributed by atoms with Gasteiger partial charge in [0.1, 0.15) is 11.4 Å². The van der Waals surface area contributed by atoms with Crippen LogP contribution in [-0.4, -0.2) is 22.2 Å². The van der Waals surface area contributed by atoms with Crippen LogP contribution >= 0.6 is 15.9 Å². The number of aryl methyl sites for hydroxylation is 1. The molecule has 0 amide bonds. The third kappa shape index (κ3) is 2.81. The number of alkyl halides is 2. The Labute approximate surface area is 116 Å². The lowest BCUT2D eigenvalue weighted by Crippen LogP contribution is -2.12. The average molecular weight is 331 g/mol. The number of halogens is 3. The summed E-state index contributed by atoms with van der Waals surface area (Å²) in [6, 6.07) is 5.85. The van der Waals surface area contributed by atoms with E-state index in [1.165, 1.54) is 29.1 Å². The highest BCUT2D eigenvalue weighted by Crippen LogP contribution is 2.26. The molecule has 2 rings (SSSR count). The fraction of sp³-hybridized carbons (Fsp3) is 0.167. The van der Waals surface area contributed by atoms with Gasteiger partial charge in [-0.3, -0.25) is 9.48 Å². The molecule has 0 spiro atoms. The minimum atomic E-state index is -2.98. The minimum absolute atomic E-state index is 0.0621. The predicted molar refractivity (Wildman–Crippen MR) is 67.4 cm³/mol. The first-order chi connectivity index (χ1) is 9.00. The number of hydrogen-bond donors (Lipinski definition) is 0. The molecule has 7 heteroatoms. The van der Waals surface area contributed by atoms with Crippen LogP contribution < -0.4 is 4.74 Å². The molecule has 0 bridgehead atoms. The van der Waals surface area contributed by atoms with Crippen LogP contribution in [0.15, 0.2) is 34.9 Å². The molecule has 2 aromatic rings. The number of benzene rings is 1. The molecule has 0 saturated carbocycles. The van der Waals surface area contributed by atoms with Crippen molar-refractivity contribution in [2.45, 2.75) is 6.61 Å². The second-order valence-electron chi connectivity index (χ2n) is 3.67. The van der Waals surface area contributed by atoms with Gasteiger partial charge in [-0.05, 0) is 28.1 Å². The van der Waals surface area contributed by atoms with Gasteiger partial charge in [0, 0.05) is 7.05 Å². The maximum absolute atomic E-state index is 12.3. The summed E-state index contributed by atoms with van der Waals surface area (Å²) >= 11 is 3.20. The van der Waals surface area contributed by atoms with E-state index in [4.69, 9.17) is 0 Å². The van der Waals surface area contributed by atoms with Crippen LogP contribution in [-0.2, 0) is 7.05 Å². The van der Waals surface area contributed by atoms with Crippen LogP contribution in [0.4, 0.5) is 8.78 Å². The van der Waals surface area contributed by atoms with Gasteiger partial charge in [0.05, 0.1) is 16.2 Å². The maximum atomic E-state index is 12.3. The van der Waals surface area contributed by atoms with Crippen LogP contribution in [0.3, 0.4) is 0 Å². The second kappa shape index (κ2) is 5.48. The van der Waals surface area contributed by atoms with Gasteiger partial charge in [0.25, 0.3) is 0 Å². The van der Waals surface area contributed by atoms with Gasteiger partial charge in [0.2, 0.25) is 5.78 Å². The van der Waals surface area contributed by atoms with Crippen molar-refractivity contribution >= 4 is 21.7 Å². The zero-order valence-electron chi connectivity index (χ0n) is 9.81. The summed E-state index contributed by atoms with van der Waals surface area (Å²) in [6.45, 7) is -2.98. The molecule has 1 aromatic carbocycles. The molecule has 1 aromatic heterocycles. The lowest BCUT2D eigenvalue weighted by atomic mass is 10.1. The molecule has 4 nitrogen and oxygen atoms in total. The van der Waals surface area contributed by atoms with E-state index in [2.05, 4.69) is 25.8 Å². The van der Waals surface area contributed by atoms with Crippen molar-refractivity contribution in [2.75, 3.05) is 0 Å². The van der Waals surface area contributed by atoms with Crippen molar-refractivity contribution in [3.05, 3.63) is 46.2 Å². The van der Waals surface area contributed by atoms with Crippen molar-refractivity contribution < 1.29 is 18.3 Å². The van der Waals surface area contributed by atoms with Crippen molar-refractivity contribution in [1.82, 2.24) is 9.78 Å². The van der Waals surface area contributed by atoms with Gasteiger partial charge < -0.3 is 4.74 Å². The molecule has 0 aliphatic heterocycles. The summed E-state index contributed by atoms with van der Waals surface area (Å²) in [5.41, 5.74) is 0.331. The van der Waals surface area contributed by atoms with E-state index in [1.807, 2.05) is 0 Å². The first-order valence-electron chi connectivity index (χ1n) is 5.26. The van der Waals surface area contributed by atoms with E-state index in [0.29, 0.717) is 4.47 Å². The number of ketones is 1. The Morgan fingerprint density at radius 2 is 2.11 bits per heavy atom. The van der Waals surface area contributed by atoms with Crippen molar-refractivity contribution in [1.29, 1.82) is 0 Å². The molecule has 0 saturated heterocycles. The van der Waals surface area contributed by atoms with Crippen molar-refractivity contribution in [3.63, 3.8) is 0 Å². The van der Waals surface area contributed by atoms with Crippen LogP contribution in [0.5, 0.6) is 5.75 Å². The second-order valence-corrected chi connectivity index (χ2v) is 4.52. The topological polar surface area (TPSA) is 44.1 Å². The minimum Gasteiger partial charge on any atom is -0.434 e. The molecular weight excluding hydrogens is 322 g/mol. The first kappa shape index (κ1) is 13.7. The van der Waals surface area contributed by atoms with E-state index in [-0.39, 0.29) is 17.0 Å². The summed E-state index contributed by atoms with van der Waals surface area (Å²) < 4.78 is 30.8. The number of para-hydroxylation sites is 1. The quantitative estimate of drug-likeness (QED) is 0.809. The number of ether oxygens (including phenoxy) is 1. The van der Waals surface area contributed by atoms with E-state index in [0.717, 1.165) is 0 Å². The fourth-order valence-corrected chi connectivity index (χ4v) is 2.17. The Kier molecular flexibility index (Phi) is 3.94. The summed E-state index contributed by atoms with van der Waals surface area (Å²) in [6.07, 6.45) is 1.46. The molecule has 0 unspecified atom stereocenters. The average Bonchev–Trinajstić information content (AvgIpc) is 2.68. The lowest BCUT2D eigenvalue weighted by molar-refractivity contribution is -0.0501. The SMILES string of the molecule is Cn1ncc(Br)c1C(=O)c1ccccc1OC(F)F. The Balaban J connectivity index is 2.45. The monoisotopic (exact) mass is 330 g/mol. The highest BCUT2D eigenvalue weighted by atomic mass is 79.9. The Bertz CT molecular complexity index is 594. The molecule has 0 N–H and O–H groups in total. The maximum Gasteiger partial charge on any atom is 0.387 e.